The lowest BCUT2D eigenvalue weighted by atomic mass is 10.2. The molecule has 0 aliphatic rings. The lowest BCUT2D eigenvalue weighted by Crippen LogP contribution is -2.35. The average Bonchev–Trinajstić information content (AvgIpc) is 3.36. The van der Waals surface area contributed by atoms with Crippen molar-refractivity contribution >= 4 is 33.8 Å². The lowest BCUT2D eigenvalue weighted by Gasteiger charge is -2.19. The molecule has 0 saturated heterocycles. The number of benzene rings is 2. The molecule has 0 spiro atoms. The summed E-state index contributed by atoms with van der Waals surface area (Å²) in [5.41, 5.74) is 1.04. The number of likely N-dealkylation sites (N-methyl/N-ethyl adjacent to an activating group) is 1. The van der Waals surface area contributed by atoms with Crippen LogP contribution in [0.3, 0.4) is 0 Å². The summed E-state index contributed by atoms with van der Waals surface area (Å²) >= 11 is 0. The molecule has 45 heavy (non-hydrogen) atoms. The van der Waals surface area contributed by atoms with Crippen LogP contribution in [0.1, 0.15) is 21.6 Å². The van der Waals surface area contributed by atoms with Crippen molar-refractivity contribution in [1.29, 1.82) is 0 Å². The van der Waals surface area contributed by atoms with Crippen LogP contribution < -0.4 is 9.47 Å². The fourth-order valence-electron chi connectivity index (χ4n) is 3.97. The van der Waals surface area contributed by atoms with Crippen LogP contribution in [0.5, 0.6) is 11.5 Å². The number of carbonyl (C=O) groups excluding carboxylic acids is 2. The molecule has 0 aliphatic carbocycles. The summed E-state index contributed by atoms with van der Waals surface area (Å²) in [5.74, 6) is -1.74. The van der Waals surface area contributed by atoms with Gasteiger partial charge in [0.25, 0.3) is 0 Å². The predicted molar refractivity (Wildman–Crippen MR) is 147 cm³/mol. The first-order valence-corrected chi connectivity index (χ1v) is 14.2. The highest BCUT2D eigenvalue weighted by atomic mass is 32.2. The molecule has 0 unspecified atom stereocenters. The second-order valence-electron chi connectivity index (χ2n) is 9.41. The van der Waals surface area contributed by atoms with E-state index in [0.29, 0.717) is 11.0 Å². The summed E-state index contributed by atoms with van der Waals surface area (Å²) in [4.78, 5) is 35.5. The fourth-order valence-corrected chi connectivity index (χ4v) is 5.22. The molecule has 0 aliphatic heterocycles. The number of nitrogens with zero attached hydrogens (tertiary/aromatic N) is 4. The number of rotatable bonds is 10. The van der Waals surface area contributed by atoms with Gasteiger partial charge in [-0.15, -0.1) is 13.2 Å². The van der Waals surface area contributed by atoms with E-state index >= 15 is 0 Å². The summed E-state index contributed by atoms with van der Waals surface area (Å²) in [6.45, 7) is -0.465. The van der Waals surface area contributed by atoms with Gasteiger partial charge < -0.3 is 19.1 Å². The number of carbonyl (C=O) groups is 2. The normalized spacial score (nSPS) is 12.5. The van der Waals surface area contributed by atoms with Gasteiger partial charge in [-0.05, 0) is 49.4 Å². The Hall–Kier alpha value is -4.67. The van der Waals surface area contributed by atoms with Crippen LogP contribution in [-0.2, 0) is 21.3 Å². The maximum atomic E-state index is 13.5. The summed E-state index contributed by atoms with van der Waals surface area (Å²) in [6, 6.07) is 11.1. The molecule has 17 heteroatoms. The topological polar surface area (TPSA) is 113 Å². The summed E-state index contributed by atoms with van der Waals surface area (Å²) in [5, 5.41) is -0.144. The van der Waals surface area contributed by atoms with Crippen molar-refractivity contribution in [2.75, 3.05) is 26.8 Å². The van der Waals surface area contributed by atoms with Crippen molar-refractivity contribution in [2.45, 2.75) is 30.4 Å². The van der Waals surface area contributed by atoms with Crippen LogP contribution >= 0.6 is 0 Å². The number of fused-ring (bicyclic) bond motifs is 1. The number of para-hydroxylation sites is 2. The number of hydrogen-bond donors (Lipinski definition) is 0. The molecule has 4 rings (SSSR count). The van der Waals surface area contributed by atoms with Crippen LogP contribution in [0.4, 0.5) is 31.1 Å². The first kappa shape index (κ1) is 33.2. The molecule has 2 heterocycles. The van der Waals surface area contributed by atoms with Gasteiger partial charge in [-0.2, -0.15) is 13.2 Å². The fraction of sp³-hybridized carbons (Fsp3) is 0.286. The van der Waals surface area contributed by atoms with Gasteiger partial charge in [-0.1, -0.05) is 12.1 Å². The van der Waals surface area contributed by atoms with Crippen molar-refractivity contribution in [3.8, 4) is 11.5 Å². The maximum absolute atomic E-state index is 13.5. The molecule has 1 atom stereocenters. The molecule has 0 saturated carbocycles. The molecule has 0 bridgehead atoms. The molecular formula is C28H24F6N4O6S. The van der Waals surface area contributed by atoms with Crippen molar-refractivity contribution in [1.82, 2.24) is 19.4 Å². The van der Waals surface area contributed by atoms with Gasteiger partial charge in [0.2, 0.25) is 5.16 Å². The average molecular weight is 659 g/mol. The zero-order valence-corrected chi connectivity index (χ0v) is 24.3. The zero-order chi connectivity index (χ0) is 32.9. The third-order valence-electron chi connectivity index (χ3n) is 6.15. The Morgan fingerprint density at radius 2 is 1.69 bits per heavy atom. The molecule has 2 aromatic heterocycles. The van der Waals surface area contributed by atoms with Gasteiger partial charge in [0.1, 0.15) is 18.1 Å². The molecule has 2 aromatic carbocycles. The first-order valence-electron chi connectivity index (χ1n) is 12.9. The minimum atomic E-state index is -4.89. The Morgan fingerprint density at radius 1 is 1.00 bits per heavy atom. The standard InChI is InChI=1S/C28H24F6N4O6S/c1-17-21(35-12-11-23(17)43-16-27(29,30)31)15-45(41)25-36-20-5-3-4-6-22(20)38(25)26(40)37(2)13-14-42-24(39)18-7-9-19(10-8-18)44-28(32,33)34/h3-12H,13-16H2,1-2H3/t45-/m1/s1. The van der Waals surface area contributed by atoms with E-state index < -0.39 is 47.7 Å². The van der Waals surface area contributed by atoms with Gasteiger partial charge in [0.05, 0.1) is 45.4 Å². The van der Waals surface area contributed by atoms with Gasteiger partial charge in [-0.3, -0.25) is 9.19 Å². The summed E-state index contributed by atoms with van der Waals surface area (Å²) in [7, 11) is -0.607. The van der Waals surface area contributed by atoms with E-state index in [-0.39, 0.29) is 46.6 Å². The van der Waals surface area contributed by atoms with Gasteiger partial charge >= 0.3 is 24.5 Å². The monoisotopic (exact) mass is 658 g/mol. The molecular weight excluding hydrogens is 634 g/mol. The van der Waals surface area contributed by atoms with Crippen molar-refractivity contribution in [3.05, 3.63) is 77.6 Å². The van der Waals surface area contributed by atoms with Crippen molar-refractivity contribution in [3.63, 3.8) is 0 Å². The van der Waals surface area contributed by atoms with Gasteiger partial charge in [0, 0.05) is 18.8 Å². The second-order valence-corrected chi connectivity index (χ2v) is 10.8. The van der Waals surface area contributed by atoms with Gasteiger partial charge in [-0.25, -0.2) is 19.1 Å². The van der Waals surface area contributed by atoms with Crippen LogP contribution in [-0.4, -0.2) is 75.0 Å². The second kappa shape index (κ2) is 13.5. The highest BCUT2D eigenvalue weighted by Crippen LogP contribution is 2.27. The summed E-state index contributed by atoms with van der Waals surface area (Å²) in [6.07, 6.45) is -8.23. The van der Waals surface area contributed by atoms with E-state index in [1.807, 2.05) is 0 Å². The highest BCUT2D eigenvalue weighted by molar-refractivity contribution is 7.84. The minimum Gasteiger partial charge on any atom is -0.484 e. The number of ether oxygens (including phenoxy) is 3. The molecule has 0 N–H and O–H groups in total. The van der Waals surface area contributed by atoms with Crippen molar-refractivity contribution < 1.29 is 54.4 Å². The number of halogens is 6. The largest absolute Gasteiger partial charge is 0.573 e. The van der Waals surface area contributed by atoms with Gasteiger partial charge in [0.15, 0.2) is 6.61 Å². The van der Waals surface area contributed by atoms with Crippen LogP contribution in [0.25, 0.3) is 11.0 Å². The van der Waals surface area contributed by atoms with Crippen LogP contribution in [0.2, 0.25) is 0 Å². The Labute approximate surface area is 254 Å². The number of imidazole rings is 1. The molecule has 10 nitrogen and oxygen atoms in total. The third-order valence-corrected chi connectivity index (χ3v) is 7.37. The Kier molecular flexibility index (Phi) is 10.00. The minimum absolute atomic E-state index is 0.0476. The predicted octanol–water partition coefficient (Wildman–Crippen LogP) is 5.64. The van der Waals surface area contributed by atoms with E-state index in [4.69, 9.17) is 9.47 Å². The highest BCUT2D eigenvalue weighted by Gasteiger charge is 2.31. The molecule has 0 fully saturated rings. The Balaban J connectivity index is 1.46. The summed E-state index contributed by atoms with van der Waals surface area (Å²) < 4.78 is 103. The Bertz CT molecular complexity index is 1710. The van der Waals surface area contributed by atoms with Crippen LogP contribution in [0, 0.1) is 6.92 Å². The number of aromatic nitrogens is 3. The SMILES string of the molecule is Cc1c(OCC(F)(F)F)ccnc1C[S@@](=O)c1nc2ccccc2n1C(=O)N(C)CCOC(=O)c1ccc(OC(F)(F)F)cc1. The van der Waals surface area contributed by atoms with Crippen LogP contribution in [0.15, 0.2) is 66.0 Å². The first-order chi connectivity index (χ1) is 21.1. The van der Waals surface area contributed by atoms with E-state index in [9.17, 15) is 40.1 Å². The van der Waals surface area contributed by atoms with E-state index in [2.05, 4.69) is 14.7 Å². The zero-order valence-electron chi connectivity index (χ0n) is 23.5. The number of alkyl halides is 6. The van der Waals surface area contributed by atoms with E-state index in [1.54, 1.807) is 24.3 Å². The smallest absolute Gasteiger partial charge is 0.484 e. The Morgan fingerprint density at radius 3 is 2.36 bits per heavy atom. The lowest BCUT2D eigenvalue weighted by molar-refractivity contribution is -0.274. The number of esters is 1. The van der Waals surface area contributed by atoms with Crippen molar-refractivity contribution in [2.24, 2.45) is 0 Å². The number of hydrogen-bond acceptors (Lipinski definition) is 8. The number of pyridine rings is 1. The molecule has 4 aromatic rings. The number of amides is 1. The van der Waals surface area contributed by atoms with E-state index in [0.717, 1.165) is 28.8 Å². The maximum Gasteiger partial charge on any atom is 0.573 e. The molecule has 0 radical (unpaired) electrons. The quantitative estimate of drug-likeness (QED) is 0.159. The third kappa shape index (κ3) is 8.71. The molecule has 1 amide bonds. The molecule has 240 valence electrons. The van der Waals surface area contributed by atoms with E-state index in [1.165, 1.54) is 31.1 Å².